The Balaban J connectivity index is 1.57. The van der Waals surface area contributed by atoms with E-state index in [2.05, 4.69) is 15.2 Å². The van der Waals surface area contributed by atoms with Crippen LogP contribution in [0.5, 0.6) is 0 Å². The van der Waals surface area contributed by atoms with Crippen LogP contribution in [0.3, 0.4) is 0 Å². The summed E-state index contributed by atoms with van der Waals surface area (Å²) in [6.45, 7) is 1.89. The zero-order valence-electron chi connectivity index (χ0n) is 19.9. The van der Waals surface area contributed by atoms with Gasteiger partial charge in [0.2, 0.25) is 5.89 Å². The van der Waals surface area contributed by atoms with Crippen LogP contribution in [-0.4, -0.2) is 32.6 Å². The van der Waals surface area contributed by atoms with Crippen molar-refractivity contribution in [1.82, 2.24) is 24.1 Å². The topological polar surface area (TPSA) is 130 Å². The Morgan fingerprint density at radius 3 is 2.32 bits per heavy atom. The molecule has 0 unspecified atom stereocenters. The molecule has 11 heteroatoms. The number of halogens is 1. The van der Waals surface area contributed by atoms with Gasteiger partial charge in [-0.3, -0.25) is 4.98 Å². The van der Waals surface area contributed by atoms with Crippen molar-refractivity contribution in [2.45, 2.75) is 11.8 Å². The zero-order valence-corrected chi connectivity index (χ0v) is 20.7. The summed E-state index contributed by atoms with van der Waals surface area (Å²) in [5, 5.41) is 8.22. The van der Waals surface area contributed by atoms with E-state index in [0.29, 0.717) is 39.0 Å². The number of nitrogen functional groups attached to an aromatic ring is 1. The molecule has 3 heterocycles. The Morgan fingerprint density at radius 2 is 1.61 bits per heavy atom. The second-order valence-corrected chi connectivity index (χ2v) is 10.4. The number of anilines is 1. The molecule has 6 aromatic rings. The fraction of sp³-hybridized carbons (Fsp3) is 0.0370. The van der Waals surface area contributed by atoms with Crippen molar-refractivity contribution in [2.75, 3.05) is 5.73 Å². The van der Waals surface area contributed by atoms with Crippen molar-refractivity contribution in [1.29, 1.82) is 0 Å². The number of nitrogens with two attached hydrogens (primary N) is 1. The van der Waals surface area contributed by atoms with Gasteiger partial charge in [-0.1, -0.05) is 22.8 Å². The quantitative estimate of drug-likeness (QED) is 0.329. The largest absolute Gasteiger partial charge is 0.404 e. The summed E-state index contributed by atoms with van der Waals surface area (Å²) in [4.78, 5) is 9.18. The second kappa shape index (κ2) is 8.89. The maximum atomic E-state index is 13.7. The Morgan fingerprint density at radius 1 is 0.895 bits per heavy atom. The van der Waals surface area contributed by atoms with Crippen molar-refractivity contribution in [3.05, 3.63) is 96.7 Å². The Labute approximate surface area is 216 Å². The fourth-order valence-corrected chi connectivity index (χ4v) is 5.54. The van der Waals surface area contributed by atoms with Crippen LogP contribution in [0.1, 0.15) is 5.56 Å². The molecule has 0 amide bonds. The van der Waals surface area contributed by atoms with Crippen LogP contribution in [0.2, 0.25) is 0 Å². The van der Waals surface area contributed by atoms with Crippen molar-refractivity contribution < 1.29 is 17.2 Å². The maximum Gasteiger partial charge on any atom is 0.313 e. The molecule has 0 aliphatic carbocycles. The minimum absolute atomic E-state index is 0.0855. The lowest BCUT2D eigenvalue weighted by atomic mass is 10.1. The third-order valence-electron chi connectivity index (χ3n) is 6.09. The Hall–Kier alpha value is -4.90. The molecule has 3 aromatic carbocycles. The molecule has 0 radical (unpaired) electrons. The highest BCUT2D eigenvalue weighted by molar-refractivity contribution is 7.90. The van der Waals surface area contributed by atoms with Crippen LogP contribution in [0.15, 0.2) is 94.6 Å². The van der Waals surface area contributed by atoms with E-state index in [9.17, 15) is 12.8 Å². The van der Waals surface area contributed by atoms with Crippen molar-refractivity contribution in [3.8, 4) is 34.0 Å². The van der Waals surface area contributed by atoms with Crippen LogP contribution >= 0.6 is 0 Å². The summed E-state index contributed by atoms with van der Waals surface area (Å²) in [6, 6.07) is 17.5. The number of aryl methyl sites for hydroxylation is 1. The van der Waals surface area contributed by atoms with E-state index in [1.807, 2.05) is 6.92 Å². The van der Waals surface area contributed by atoms with Crippen LogP contribution in [-0.2, 0) is 10.0 Å². The molecule has 0 aliphatic heterocycles. The monoisotopic (exact) mass is 526 g/mol. The van der Waals surface area contributed by atoms with Gasteiger partial charge in [0.1, 0.15) is 5.82 Å². The number of rotatable bonds is 5. The van der Waals surface area contributed by atoms with E-state index in [4.69, 9.17) is 15.1 Å². The van der Waals surface area contributed by atoms with Gasteiger partial charge in [0, 0.05) is 28.3 Å². The number of hydrogen-bond donors (Lipinski definition) is 1. The summed E-state index contributed by atoms with van der Waals surface area (Å²) >= 11 is 0. The molecule has 0 saturated heterocycles. The highest BCUT2D eigenvalue weighted by Gasteiger charge is 2.23. The second-order valence-electron chi connectivity index (χ2n) is 8.63. The predicted molar refractivity (Wildman–Crippen MR) is 140 cm³/mol. The van der Waals surface area contributed by atoms with Crippen LogP contribution < -0.4 is 5.73 Å². The van der Waals surface area contributed by atoms with Gasteiger partial charge in [-0.15, -0.1) is 5.10 Å². The summed E-state index contributed by atoms with van der Waals surface area (Å²) in [5.74, 6) is -0.174. The van der Waals surface area contributed by atoms with Crippen molar-refractivity contribution in [3.63, 3.8) is 0 Å². The summed E-state index contributed by atoms with van der Waals surface area (Å²) in [6.07, 6.45) is 4.62. The zero-order chi connectivity index (χ0) is 26.4. The van der Waals surface area contributed by atoms with E-state index in [0.717, 1.165) is 5.56 Å². The number of hydrogen-bond acceptors (Lipinski definition) is 8. The van der Waals surface area contributed by atoms with E-state index >= 15 is 0 Å². The van der Waals surface area contributed by atoms with Gasteiger partial charge in [-0.25, -0.2) is 21.8 Å². The molecule has 0 aliphatic rings. The fourth-order valence-electron chi connectivity index (χ4n) is 4.17. The average molecular weight is 527 g/mol. The van der Waals surface area contributed by atoms with Gasteiger partial charge in [0.25, 0.3) is 10.0 Å². The first-order valence-electron chi connectivity index (χ1n) is 11.4. The molecular weight excluding hydrogens is 507 g/mol. The molecule has 6 rings (SSSR count). The first-order chi connectivity index (χ1) is 18.3. The third kappa shape index (κ3) is 4.08. The minimum Gasteiger partial charge on any atom is -0.404 e. The van der Waals surface area contributed by atoms with Gasteiger partial charge in [-0.2, -0.15) is 0 Å². The van der Waals surface area contributed by atoms with Gasteiger partial charge in [-0.05, 0) is 61.5 Å². The third-order valence-corrected chi connectivity index (χ3v) is 7.77. The molecule has 0 fully saturated rings. The highest BCUT2D eigenvalue weighted by Crippen LogP contribution is 2.35. The van der Waals surface area contributed by atoms with Crippen LogP contribution in [0.25, 0.3) is 44.9 Å². The number of nitrogens with zero attached hydrogens (tertiary/aromatic N) is 5. The molecule has 0 saturated carbocycles. The number of benzene rings is 3. The van der Waals surface area contributed by atoms with Gasteiger partial charge in [0.15, 0.2) is 0 Å². The lowest BCUT2D eigenvalue weighted by Gasteiger charge is -2.08. The van der Waals surface area contributed by atoms with E-state index in [1.54, 1.807) is 67.0 Å². The summed E-state index contributed by atoms with van der Waals surface area (Å²) in [7, 11) is -3.95. The Kier molecular flexibility index (Phi) is 5.50. The number of fused-ring (bicyclic) bond motifs is 1. The Bertz CT molecular complexity index is 1910. The van der Waals surface area contributed by atoms with Gasteiger partial charge in [0.05, 0.1) is 34.2 Å². The van der Waals surface area contributed by atoms with E-state index in [-0.39, 0.29) is 22.6 Å². The molecule has 0 bridgehead atoms. The molecule has 38 heavy (non-hydrogen) atoms. The molecule has 0 spiro atoms. The van der Waals surface area contributed by atoms with Gasteiger partial charge < -0.3 is 10.2 Å². The average Bonchev–Trinajstić information content (AvgIpc) is 3.53. The molecule has 9 nitrogen and oxygen atoms in total. The first kappa shape index (κ1) is 23.5. The normalized spacial score (nSPS) is 11.7. The van der Waals surface area contributed by atoms with Crippen molar-refractivity contribution >= 4 is 26.9 Å². The van der Waals surface area contributed by atoms with Crippen LogP contribution in [0.4, 0.5) is 10.4 Å². The lowest BCUT2D eigenvalue weighted by molar-refractivity contribution is 0.589. The molecule has 3 aromatic heterocycles. The SMILES string of the molecule is Cc1ccc(S(=O)(=O)n2cc(-c3cncc(-c4ccc(F)cc4)n3)c3cc(-c4nnc(N)o4)ccc32)cc1. The first-order valence-corrected chi connectivity index (χ1v) is 12.9. The maximum absolute atomic E-state index is 13.7. The van der Waals surface area contributed by atoms with Crippen molar-refractivity contribution in [2.24, 2.45) is 0 Å². The van der Waals surface area contributed by atoms with Crippen LogP contribution in [0, 0.1) is 12.7 Å². The summed E-state index contributed by atoms with van der Waals surface area (Å²) < 4.78 is 47.5. The smallest absolute Gasteiger partial charge is 0.313 e. The lowest BCUT2D eigenvalue weighted by Crippen LogP contribution is -2.11. The minimum atomic E-state index is -3.95. The van der Waals surface area contributed by atoms with E-state index < -0.39 is 10.0 Å². The molecule has 188 valence electrons. The molecule has 2 N–H and O–H groups in total. The van der Waals surface area contributed by atoms with Gasteiger partial charge >= 0.3 is 6.01 Å². The summed E-state index contributed by atoms with van der Waals surface area (Å²) in [5.41, 5.74) is 9.63. The molecule has 0 atom stereocenters. The standard InChI is InChI=1S/C27H19FN6O3S/c1-16-2-9-20(10-3-16)38(35,36)34-15-22(21-12-18(6-11-25(21)34)26-32-33-27(29)37-26)24-14-30-13-23(31-24)17-4-7-19(28)8-5-17/h2-15H,1H3,(H2,29,33). The number of aromatic nitrogens is 5. The molecular formula is C27H19FN6O3S. The predicted octanol–water partition coefficient (Wildman–Crippen LogP) is 5.08. The van der Waals surface area contributed by atoms with E-state index in [1.165, 1.54) is 22.3 Å². The highest BCUT2D eigenvalue weighted by atomic mass is 32.2.